The third-order valence-electron chi connectivity index (χ3n) is 4.50. The van der Waals surface area contributed by atoms with E-state index in [-0.39, 0.29) is 16.6 Å². The maximum atomic E-state index is 11.9. The van der Waals surface area contributed by atoms with Crippen LogP contribution in [0.1, 0.15) is 75.4 Å². The Balaban J connectivity index is 2.58. The van der Waals surface area contributed by atoms with E-state index in [1.165, 1.54) is 24.0 Å². The summed E-state index contributed by atoms with van der Waals surface area (Å²) in [6.07, 6.45) is 2.99. The number of benzene rings is 1. The Morgan fingerprint density at radius 1 is 1.06 bits per heavy atom. The Labute approximate surface area is 111 Å². The second-order valence-corrected chi connectivity index (χ2v) is 6.80. The second-order valence-electron chi connectivity index (χ2n) is 6.80. The minimum absolute atomic E-state index is 0.189. The van der Waals surface area contributed by atoms with Crippen LogP contribution in [-0.2, 0) is 10.8 Å². The van der Waals surface area contributed by atoms with Crippen molar-refractivity contribution in [3.8, 4) is 0 Å². The first kappa shape index (κ1) is 13.3. The molecule has 2 rings (SSSR count). The summed E-state index contributed by atoms with van der Waals surface area (Å²) in [7, 11) is 0. The Morgan fingerprint density at radius 3 is 2.17 bits per heavy atom. The molecule has 0 saturated heterocycles. The molecule has 1 heteroatoms. The van der Waals surface area contributed by atoms with Gasteiger partial charge in [-0.05, 0) is 40.9 Å². The molecule has 0 unspecified atom stereocenters. The first-order chi connectivity index (χ1) is 8.28. The van der Waals surface area contributed by atoms with E-state index >= 15 is 0 Å². The van der Waals surface area contributed by atoms with Crippen molar-refractivity contribution in [2.45, 2.75) is 64.7 Å². The highest BCUT2D eigenvalue weighted by molar-refractivity contribution is 5.96. The Kier molecular flexibility index (Phi) is 3.12. The second kappa shape index (κ2) is 4.22. The molecular weight excluding hydrogens is 220 g/mol. The van der Waals surface area contributed by atoms with Gasteiger partial charge in [0.15, 0.2) is 5.78 Å². The summed E-state index contributed by atoms with van der Waals surface area (Å²) in [4.78, 5) is 11.9. The first-order valence-electron chi connectivity index (χ1n) is 6.96. The summed E-state index contributed by atoms with van der Waals surface area (Å²) in [5.41, 5.74) is 4.10. The molecule has 0 spiro atoms. The van der Waals surface area contributed by atoms with Crippen LogP contribution in [0.2, 0.25) is 0 Å². The zero-order valence-electron chi connectivity index (χ0n) is 12.3. The fourth-order valence-electron chi connectivity index (χ4n) is 2.97. The summed E-state index contributed by atoms with van der Waals surface area (Å²) < 4.78 is 0. The van der Waals surface area contributed by atoms with Crippen molar-refractivity contribution < 1.29 is 4.79 Å². The van der Waals surface area contributed by atoms with Crippen LogP contribution in [-0.4, -0.2) is 5.78 Å². The first-order valence-corrected chi connectivity index (χ1v) is 6.96. The van der Waals surface area contributed by atoms with Crippen LogP contribution in [0.4, 0.5) is 0 Å². The lowest BCUT2D eigenvalue weighted by Crippen LogP contribution is -2.34. The third kappa shape index (κ3) is 2.11. The standard InChI is InChI=1S/C17H24O/c1-6-15(18)12-7-8-13-14(11-12)17(4,5)10-9-16(13,2)3/h7-8,11H,6,9-10H2,1-5H3. The fourth-order valence-corrected chi connectivity index (χ4v) is 2.97. The van der Waals surface area contributed by atoms with Gasteiger partial charge < -0.3 is 0 Å². The SMILES string of the molecule is CCC(=O)c1ccc2c(c1)C(C)(C)CCC2(C)C. The van der Waals surface area contributed by atoms with Crippen LogP contribution in [0.15, 0.2) is 18.2 Å². The lowest BCUT2D eigenvalue weighted by Gasteiger charge is -2.42. The van der Waals surface area contributed by atoms with E-state index < -0.39 is 0 Å². The summed E-state index contributed by atoms with van der Waals surface area (Å²) in [5, 5.41) is 0. The van der Waals surface area contributed by atoms with E-state index in [4.69, 9.17) is 0 Å². The molecule has 18 heavy (non-hydrogen) atoms. The minimum Gasteiger partial charge on any atom is -0.294 e. The number of hydrogen-bond donors (Lipinski definition) is 0. The summed E-state index contributed by atoms with van der Waals surface area (Å²) in [6, 6.07) is 6.33. The van der Waals surface area contributed by atoms with Gasteiger partial charge in [-0.3, -0.25) is 4.79 Å². The Bertz CT molecular complexity index is 480. The predicted octanol–water partition coefficient (Wildman–Crippen LogP) is 4.63. The number of rotatable bonds is 2. The van der Waals surface area contributed by atoms with Gasteiger partial charge in [0, 0.05) is 12.0 Å². The average molecular weight is 244 g/mol. The van der Waals surface area contributed by atoms with E-state index in [0.29, 0.717) is 6.42 Å². The van der Waals surface area contributed by atoms with E-state index in [2.05, 4.69) is 39.8 Å². The van der Waals surface area contributed by atoms with Gasteiger partial charge in [-0.2, -0.15) is 0 Å². The summed E-state index contributed by atoms with van der Waals surface area (Å²) in [6.45, 7) is 11.1. The van der Waals surface area contributed by atoms with Crippen LogP contribution in [0.25, 0.3) is 0 Å². The normalized spacial score (nSPS) is 20.3. The molecule has 1 aromatic rings. The maximum absolute atomic E-state index is 11.9. The predicted molar refractivity (Wildman–Crippen MR) is 76.3 cm³/mol. The van der Waals surface area contributed by atoms with Crippen LogP contribution in [0.3, 0.4) is 0 Å². The number of ketones is 1. The van der Waals surface area contributed by atoms with E-state index in [9.17, 15) is 4.79 Å². The van der Waals surface area contributed by atoms with Gasteiger partial charge in [-0.1, -0.05) is 46.8 Å². The molecule has 98 valence electrons. The molecule has 0 radical (unpaired) electrons. The van der Waals surface area contributed by atoms with Gasteiger partial charge in [0.1, 0.15) is 0 Å². The highest BCUT2D eigenvalue weighted by atomic mass is 16.1. The zero-order valence-corrected chi connectivity index (χ0v) is 12.3. The molecule has 1 nitrogen and oxygen atoms in total. The van der Waals surface area contributed by atoms with Crippen molar-refractivity contribution in [3.05, 3.63) is 34.9 Å². The zero-order chi connectivity index (χ0) is 13.6. The quantitative estimate of drug-likeness (QED) is 0.693. The Hall–Kier alpha value is -1.11. The van der Waals surface area contributed by atoms with Crippen molar-refractivity contribution >= 4 is 5.78 Å². The van der Waals surface area contributed by atoms with Crippen LogP contribution in [0, 0.1) is 0 Å². The van der Waals surface area contributed by atoms with Crippen molar-refractivity contribution in [1.82, 2.24) is 0 Å². The molecule has 0 N–H and O–H groups in total. The maximum Gasteiger partial charge on any atom is 0.162 e. The van der Waals surface area contributed by atoms with Crippen LogP contribution in [0.5, 0.6) is 0 Å². The van der Waals surface area contributed by atoms with Crippen molar-refractivity contribution in [1.29, 1.82) is 0 Å². The number of carbonyl (C=O) groups excluding carboxylic acids is 1. The number of hydrogen-bond acceptors (Lipinski definition) is 1. The number of carbonyl (C=O) groups is 1. The van der Waals surface area contributed by atoms with Crippen molar-refractivity contribution in [3.63, 3.8) is 0 Å². The lowest BCUT2D eigenvalue weighted by molar-refractivity contribution is 0.0988. The monoisotopic (exact) mass is 244 g/mol. The fraction of sp³-hybridized carbons (Fsp3) is 0.588. The van der Waals surface area contributed by atoms with E-state index in [1.54, 1.807) is 0 Å². The topological polar surface area (TPSA) is 17.1 Å². The van der Waals surface area contributed by atoms with Crippen molar-refractivity contribution in [2.75, 3.05) is 0 Å². The molecule has 0 heterocycles. The van der Waals surface area contributed by atoms with Gasteiger partial charge in [0.2, 0.25) is 0 Å². The van der Waals surface area contributed by atoms with E-state index in [0.717, 1.165) is 5.56 Å². The largest absolute Gasteiger partial charge is 0.294 e. The lowest BCUT2D eigenvalue weighted by atomic mass is 9.63. The van der Waals surface area contributed by atoms with Crippen LogP contribution < -0.4 is 0 Å². The average Bonchev–Trinajstić information content (AvgIpc) is 2.34. The number of Topliss-reactive ketones (excluding diaryl/α,β-unsaturated/α-hetero) is 1. The van der Waals surface area contributed by atoms with Gasteiger partial charge >= 0.3 is 0 Å². The Morgan fingerprint density at radius 2 is 1.61 bits per heavy atom. The molecule has 0 amide bonds. The van der Waals surface area contributed by atoms with Crippen molar-refractivity contribution in [2.24, 2.45) is 0 Å². The van der Waals surface area contributed by atoms with Gasteiger partial charge in [-0.25, -0.2) is 0 Å². The molecule has 0 atom stereocenters. The summed E-state index contributed by atoms with van der Waals surface area (Å²) in [5.74, 6) is 0.247. The molecule has 0 aromatic heterocycles. The molecule has 0 saturated carbocycles. The molecule has 0 bridgehead atoms. The molecule has 1 aromatic carbocycles. The smallest absolute Gasteiger partial charge is 0.162 e. The molecule has 1 aliphatic rings. The minimum atomic E-state index is 0.189. The van der Waals surface area contributed by atoms with Gasteiger partial charge in [-0.15, -0.1) is 0 Å². The third-order valence-corrected chi connectivity index (χ3v) is 4.50. The molecule has 1 aliphatic carbocycles. The van der Waals surface area contributed by atoms with Gasteiger partial charge in [0.05, 0.1) is 0 Å². The van der Waals surface area contributed by atoms with Gasteiger partial charge in [0.25, 0.3) is 0 Å². The molecular formula is C17H24O. The number of fused-ring (bicyclic) bond motifs is 1. The highest BCUT2D eigenvalue weighted by Crippen LogP contribution is 2.45. The van der Waals surface area contributed by atoms with Crippen LogP contribution >= 0.6 is 0 Å². The summed E-state index contributed by atoms with van der Waals surface area (Å²) >= 11 is 0. The molecule has 0 aliphatic heterocycles. The van der Waals surface area contributed by atoms with E-state index in [1.807, 2.05) is 13.0 Å². The highest BCUT2D eigenvalue weighted by Gasteiger charge is 2.37. The molecule has 0 fully saturated rings.